The van der Waals surface area contributed by atoms with E-state index in [0.717, 1.165) is 43.2 Å². The van der Waals surface area contributed by atoms with Gasteiger partial charge in [0.15, 0.2) is 0 Å². The second-order valence-electron chi connectivity index (χ2n) is 11.2. The number of amides is 2. The van der Waals surface area contributed by atoms with Gasteiger partial charge in [0.1, 0.15) is 6.04 Å². The first-order valence-corrected chi connectivity index (χ1v) is 14.5. The van der Waals surface area contributed by atoms with Gasteiger partial charge in [0.25, 0.3) is 0 Å². The zero-order valence-corrected chi connectivity index (χ0v) is 22.8. The molecular formula is C32H40N2O5. The molecule has 2 aliphatic heterocycles. The van der Waals surface area contributed by atoms with Crippen molar-refractivity contribution in [3.05, 3.63) is 71.8 Å². The van der Waals surface area contributed by atoms with Gasteiger partial charge in [-0.1, -0.05) is 86.3 Å². The molecule has 3 fully saturated rings. The Morgan fingerprint density at radius 2 is 1.59 bits per heavy atom. The summed E-state index contributed by atoms with van der Waals surface area (Å²) in [6.07, 6.45) is 7.74. The zero-order chi connectivity index (χ0) is 27.2. The number of carbonyl (C=O) groups is 3. The van der Waals surface area contributed by atoms with Crippen molar-refractivity contribution in [1.82, 2.24) is 10.2 Å². The highest BCUT2D eigenvalue weighted by Crippen LogP contribution is 2.51. The monoisotopic (exact) mass is 532 g/mol. The molecule has 1 saturated carbocycles. The van der Waals surface area contributed by atoms with Crippen LogP contribution in [0.15, 0.2) is 60.7 Å². The van der Waals surface area contributed by atoms with Gasteiger partial charge in [-0.15, -0.1) is 0 Å². The number of likely N-dealkylation sites (tertiary alicyclic amines) is 1. The van der Waals surface area contributed by atoms with Gasteiger partial charge in [-0.3, -0.25) is 14.4 Å². The second kappa shape index (κ2) is 12.8. The van der Waals surface area contributed by atoms with Gasteiger partial charge in [0.05, 0.1) is 25.2 Å². The number of nitrogens with one attached hydrogen (secondary N) is 1. The summed E-state index contributed by atoms with van der Waals surface area (Å²) in [5.41, 5.74) is 1.68. The molecule has 2 heterocycles. The molecule has 0 aromatic heterocycles. The molecule has 7 heteroatoms. The van der Waals surface area contributed by atoms with Gasteiger partial charge < -0.3 is 19.7 Å². The van der Waals surface area contributed by atoms with Crippen LogP contribution in [0.1, 0.15) is 74.5 Å². The highest BCUT2D eigenvalue weighted by Gasteiger charge is 2.57. The number of nitrogens with zero attached hydrogens (tertiary/aromatic N) is 1. The number of hydrogen-bond acceptors (Lipinski definition) is 5. The second-order valence-corrected chi connectivity index (χ2v) is 11.2. The number of esters is 1. The van der Waals surface area contributed by atoms with Gasteiger partial charge >= 0.3 is 5.97 Å². The Morgan fingerprint density at radius 1 is 0.923 bits per heavy atom. The summed E-state index contributed by atoms with van der Waals surface area (Å²) in [5.74, 6) is -1.49. The highest BCUT2D eigenvalue weighted by atomic mass is 16.5. The number of ether oxygens (including phenoxy) is 2. The van der Waals surface area contributed by atoms with E-state index in [1.807, 2.05) is 60.7 Å². The van der Waals surface area contributed by atoms with Crippen LogP contribution >= 0.6 is 0 Å². The van der Waals surface area contributed by atoms with Crippen molar-refractivity contribution < 1.29 is 23.9 Å². The first-order chi connectivity index (χ1) is 19.1. The van der Waals surface area contributed by atoms with E-state index in [0.29, 0.717) is 25.5 Å². The maximum atomic E-state index is 14.2. The van der Waals surface area contributed by atoms with Crippen LogP contribution < -0.4 is 5.32 Å². The van der Waals surface area contributed by atoms with E-state index in [9.17, 15) is 14.4 Å². The third kappa shape index (κ3) is 6.03. The average Bonchev–Trinajstić information content (AvgIpc) is 3.75. The van der Waals surface area contributed by atoms with Crippen molar-refractivity contribution in [2.45, 2.75) is 75.5 Å². The first-order valence-electron chi connectivity index (χ1n) is 14.5. The Morgan fingerprint density at radius 3 is 2.21 bits per heavy atom. The molecule has 2 amide bonds. The van der Waals surface area contributed by atoms with Gasteiger partial charge in [0, 0.05) is 25.5 Å². The SMILES string of the molecule is COC(=O)C1C(c2ccccc2)C(C(=O)NCC2CCCO2)N(C(=O)CCC2CCCC2)C1c1ccccc1. The molecule has 7 nitrogen and oxygen atoms in total. The van der Waals surface area contributed by atoms with E-state index in [2.05, 4.69) is 5.32 Å². The third-order valence-corrected chi connectivity index (χ3v) is 8.79. The summed E-state index contributed by atoms with van der Waals surface area (Å²) >= 11 is 0. The van der Waals surface area contributed by atoms with E-state index < -0.39 is 29.9 Å². The molecule has 0 radical (unpaired) electrons. The Bertz CT molecular complexity index is 1030. The molecule has 0 spiro atoms. The number of methoxy groups -OCH3 is 1. The topological polar surface area (TPSA) is 84.9 Å². The zero-order valence-electron chi connectivity index (χ0n) is 22.8. The smallest absolute Gasteiger partial charge is 0.311 e. The molecule has 1 aliphatic carbocycles. The summed E-state index contributed by atoms with van der Waals surface area (Å²) in [6.45, 7) is 1.09. The lowest BCUT2D eigenvalue weighted by Crippen LogP contribution is -2.50. The Labute approximate surface area is 231 Å². The number of rotatable bonds is 9. The van der Waals surface area contributed by atoms with Crippen molar-refractivity contribution in [3.8, 4) is 0 Å². The Balaban J connectivity index is 1.56. The summed E-state index contributed by atoms with van der Waals surface area (Å²) in [7, 11) is 1.38. The molecular weight excluding hydrogens is 492 g/mol. The van der Waals surface area contributed by atoms with Crippen LogP contribution in [0.25, 0.3) is 0 Å². The minimum Gasteiger partial charge on any atom is -0.469 e. The molecule has 0 bridgehead atoms. The molecule has 39 heavy (non-hydrogen) atoms. The highest BCUT2D eigenvalue weighted by molar-refractivity contribution is 5.92. The van der Waals surface area contributed by atoms with Crippen molar-refractivity contribution in [2.75, 3.05) is 20.3 Å². The molecule has 2 aromatic rings. The molecule has 5 rings (SSSR count). The van der Waals surface area contributed by atoms with Crippen molar-refractivity contribution in [1.29, 1.82) is 0 Å². The lowest BCUT2D eigenvalue weighted by molar-refractivity contribution is -0.147. The third-order valence-electron chi connectivity index (χ3n) is 8.79. The van der Waals surface area contributed by atoms with Crippen LogP contribution in [0.5, 0.6) is 0 Å². The van der Waals surface area contributed by atoms with Crippen LogP contribution in [0, 0.1) is 11.8 Å². The predicted octanol–water partition coefficient (Wildman–Crippen LogP) is 4.78. The summed E-state index contributed by atoms with van der Waals surface area (Å²) < 4.78 is 11.1. The van der Waals surface area contributed by atoms with E-state index >= 15 is 0 Å². The molecule has 3 aliphatic rings. The van der Waals surface area contributed by atoms with Gasteiger partial charge in [-0.2, -0.15) is 0 Å². The average molecular weight is 533 g/mol. The lowest BCUT2D eigenvalue weighted by atomic mass is 9.80. The fourth-order valence-electron chi connectivity index (χ4n) is 6.89. The maximum absolute atomic E-state index is 14.2. The number of benzene rings is 2. The van der Waals surface area contributed by atoms with Crippen molar-refractivity contribution in [2.24, 2.45) is 11.8 Å². The largest absolute Gasteiger partial charge is 0.469 e. The minimum atomic E-state index is -0.848. The Hall–Kier alpha value is -3.19. The predicted molar refractivity (Wildman–Crippen MR) is 148 cm³/mol. The van der Waals surface area contributed by atoms with Crippen LogP contribution in [0.2, 0.25) is 0 Å². The molecule has 5 atom stereocenters. The lowest BCUT2D eigenvalue weighted by Gasteiger charge is -2.32. The fraction of sp³-hybridized carbons (Fsp3) is 0.531. The molecule has 5 unspecified atom stereocenters. The number of hydrogen-bond donors (Lipinski definition) is 1. The molecule has 2 saturated heterocycles. The minimum absolute atomic E-state index is 0.0293. The van der Waals surface area contributed by atoms with Crippen LogP contribution in [-0.2, 0) is 23.9 Å². The maximum Gasteiger partial charge on any atom is 0.311 e. The van der Waals surface area contributed by atoms with Crippen LogP contribution in [0.4, 0.5) is 0 Å². The summed E-state index contributed by atoms with van der Waals surface area (Å²) in [6, 6.07) is 17.8. The molecule has 2 aromatic carbocycles. The Kier molecular flexibility index (Phi) is 8.97. The van der Waals surface area contributed by atoms with Crippen LogP contribution in [0.3, 0.4) is 0 Å². The van der Waals surface area contributed by atoms with E-state index in [1.54, 1.807) is 4.90 Å². The van der Waals surface area contributed by atoms with E-state index in [4.69, 9.17) is 9.47 Å². The summed E-state index contributed by atoms with van der Waals surface area (Å²) in [4.78, 5) is 43.5. The fourth-order valence-corrected chi connectivity index (χ4v) is 6.89. The summed E-state index contributed by atoms with van der Waals surface area (Å²) in [5, 5.41) is 3.09. The van der Waals surface area contributed by atoms with E-state index in [-0.39, 0.29) is 17.9 Å². The van der Waals surface area contributed by atoms with Gasteiger partial charge in [0.2, 0.25) is 11.8 Å². The van der Waals surface area contributed by atoms with Crippen molar-refractivity contribution in [3.63, 3.8) is 0 Å². The van der Waals surface area contributed by atoms with Gasteiger partial charge in [-0.25, -0.2) is 0 Å². The molecule has 1 N–H and O–H groups in total. The van der Waals surface area contributed by atoms with Crippen molar-refractivity contribution >= 4 is 17.8 Å². The molecule has 208 valence electrons. The number of carbonyl (C=O) groups excluding carboxylic acids is 3. The van der Waals surface area contributed by atoms with E-state index in [1.165, 1.54) is 20.0 Å². The van der Waals surface area contributed by atoms with Gasteiger partial charge in [-0.05, 0) is 36.3 Å². The van der Waals surface area contributed by atoms with Crippen LogP contribution in [-0.4, -0.2) is 55.1 Å². The first kappa shape index (κ1) is 27.4. The normalized spacial score (nSPS) is 27.0. The standard InChI is InChI=1S/C32H40N2O5/c1-38-32(37)28-27(23-13-4-2-5-14-23)30(31(36)33-21-25-17-10-20-39-25)34(29(28)24-15-6-3-7-16-24)26(35)19-18-22-11-8-9-12-22/h2-7,13-16,22,25,27-30H,8-12,17-21H2,1H3,(H,33,36). The quantitative estimate of drug-likeness (QED) is 0.470.